The minimum absolute atomic E-state index is 0.113. The topological polar surface area (TPSA) is 78.3 Å². The molecule has 7 nitrogen and oxygen atoms in total. The summed E-state index contributed by atoms with van der Waals surface area (Å²) in [5, 5.41) is 7.65. The van der Waals surface area contributed by atoms with Gasteiger partial charge >= 0.3 is 0 Å². The van der Waals surface area contributed by atoms with E-state index in [1.54, 1.807) is 25.7 Å². The second-order valence-electron chi connectivity index (χ2n) is 9.10. The molecule has 2 heterocycles. The Hall–Kier alpha value is -4.13. The predicted octanol–water partition coefficient (Wildman–Crippen LogP) is 5.78. The Morgan fingerprint density at radius 2 is 1.72 bits per heavy atom. The Labute approximate surface area is 212 Å². The molecular weight excluding hydrogens is 452 g/mol. The van der Waals surface area contributed by atoms with Gasteiger partial charge in [0.05, 0.1) is 36.3 Å². The molecule has 0 aliphatic heterocycles. The summed E-state index contributed by atoms with van der Waals surface area (Å²) in [6.45, 7) is 8.54. The summed E-state index contributed by atoms with van der Waals surface area (Å²) < 4.78 is 13.4. The third kappa shape index (κ3) is 5.57. The van der Waals surface area contributed by atoms with Crippen molar-refractivity contribution in [2.24, 2.45) is 0 Å². The number of methoxy groups -OCH3 is 1. The van der Waals surface area contributed by atoms with E-state index in [9.17, 15) is 4.79 Å². The van der Waals surface area contributed by atoms with Crippen molar-refractivity contribution >= 4 is 5.91 Å². The quantitative estimate of drug-likeness (QED) is 0.326. The van der Waals surface area contributed by atoms with E-state index in [-0.39, 0.29) is 17.9 Å². The molecule has 4 rings (SSSR count). The molecule has 0 aliphatic rings. The molecule has 0 saturated carbocycles. The summed E-state index contributed by atoms with van der Waals surface area (Å²) in [5.41, 5.74) is 5.48. The van der Waals surface area contributed by atoms with E-state index in [4.69, 9.17) is 9.47 Å². The number of pyridine rings is 1. The van der Waals surface area contributed by atoms with Crippen LogP contribution in [-0.2, 0) is 6.61 Å². The molecule has 2 aromatic carbocycles. The largest absolute Gasteiger partial charge is 0.493 e. The van der Waals surface area contributed by atoms with Crippen LogP contribution in [0.2, 0.25) is 0 Å². The Balaban J connectivity index is 1.50. The molecule has 0 bridgehead atoms. The maximum absolute atomic E-state index is 13.3. The van der Waals surface area contributed by atoms with Crippen molar-refractivity contribution in [1.29, 1.82) is 0 Å². The lowest BCUT2D eigenvalue weighted by Gasteiger charge is -2.18. The lowest BCUT2D eigenvalue weighted by molar-refractivity contribution is 0.0938. The summed E-state index contributed by atoms with van der Waals surface area (Å²) in [5.74, 6) is 1.19. The number of hydrogen-bond donors (Lipinski definition) is 1. The van der Waals surface area contributed by atoms with Crippen molar-refractivity contribution in [3.8, 4) is 17.2 Å². The number of amides is 1. The minimum Gasteiger partial charge on any atom is -0.493 e. The van der Waals surface area contributed by atoms with E-state index in [0.29, 0.717) is 23.7 Å². The van der Waals surface area contributed by atoms with Gasteiger partial charge in [-0.25, -0.2) is 4.68 Å². The van der Waals surface area contributed by atoms with Crippen molar-refractivity contribution in [2.45, 2.75) is 46.3 Å². The number of carbonyl (C=O) groups excluding carboxylic acids is 1. The lowest BCUT2D eigenvalue weighted by atomic mass is 10.0. The Kier molecular flexibility index (Phi) is 7.68. The van der Waals surface area contributed by atoms with Gasteiger partial charge < -0.3 is 14.8 Å². The van der Waals surface area contributed by atoms with Gasteiger partial charge in [-0.05, 0) is 67.3 Å². The maximum Gasteiger partial charge on any atom is 0.255 e. The van der Waals surface area contributed by atoms with E-state index in [2.05, 4.69) is 29.2 Å². The molecule has 0 spiro atoms. The number of rotatable bonds is 9. The second-order valence-corrected chi connectivity index (χ2v) is 9.10. The van der Waals surface area contributed by atoms with E-state index >= 15 is 0 Å². The molecule has 7 heteroatoms. The van der Waals surface area contributed by atoms with Gasteiger partial charge in [-0.1, -0.05) is 37.6 Å². The zero-order valence-corrected chi connectivity index (χ0v) is 21.4. The lowest BCUT2D eigenvalue weighted by Crippen LogP contribution is -2.27. The third-order valence-electron chi connectivity index (χ3n) is 6.06. The number of carbonyl (C=O) groups is 1. The number of nitrogens with one attached hydrogen (secondary N) is 1. The van der Waals surface area contributed by atoms with Crippen LogP contribution in [0.15, 0.2) is 73.2 Å². The summed E-state index contributed by atoms with van der Waals surface area (Å²) in [4.78, 5) is 17.3. The standard InChI is InChI=1S/C29H32N4O3/c1-19(2)28-25(17-31-33(28)24-9-6-20(3)7-10-24)29(34)32-21(4)23-8-11-26(27(16-23)35-5)36-18-22-12-14-30-15-13-22/h6-17,19,21H,18H2,1-5H3,(H,32,34). The number of benzene rings is 2. The van der Waals surface area contributed by atoms with Crippen molar-refractivity contribution in [1.82, 2.24) is 20.1 Å². The molecule has 1 atom stereocenters. The molecule has 2 aromatic heterocycles. The van der Waals surface area contributed by atoms with Crippen LogP contribution in [-0.4, -0.2) is 27.8 Å². The normalized spacial score (nSPS) is 11.8. The summed E-state index contributed by atoms with van der Waals surface area (Å²) in [7, 11) is 1.61. The molecule has 0 fully saturated rings. The first-order valence-electron chi connectivity index (χ1n) is 12.0. The average molecular weight is 485 g/mol. The highest BCUT2D eigenvalue weighted by Gasteiger charge is 2.22. The molecule has 1 amide bonds. The highest BCUT2D eigenvalue weighted by molar-refractivity contribution is 5.95. The Bertz CT molecular complexity index is 1310. The minimum atomic E-state index is -0.247. The number of hydrogen-bond acceptors (Lipinski definition) is 5. The van der Waals surface area contributed by atoms with Gasteiger partial charge in [0.25, 0.3) is 5.91 Å². The number of nitrogens with zero attached hydrogens (tertiary/aromatic N) is 3. The van der Waals surface area contributed by atoms with Crippen LogP contribution in [0.3, 0.4) is 0 Å². The zero-order chi connectivity index (χ0) is 25.7. The average Bonchev–Trinajstić information content (AvgIpc) is 3.34. The molecule has 0 saturated heterocycles. The van der Waals surface area contributed by atoms with Crippen LogP contribution in [0.25, 0.3) is 5.69 Å². The van der Waals surface area contributed by atoms with Gasteiger partial charge in [0, 0.05) is 12.4 Å². The Morgan fingerprint density at radius 3 is 2.39 bits per heavy atom. The fourth-order valence-corrected chi connectivity index (χ4v) is 4.05. The van der Waals surface area contributed by atoms with Crippen LogP contribution >= 0.6 is 0 Å². The van der Waals surface area contributed by atoms with Crippen LogP contribution in [0, 0.1) is 6.92 Å². The fourth-order valence-electron chi connectivity index (χ4n) is 4.05. The van der Waals surface area contributed by atoms with Gasteiger partial charge in [0.2, 0.25) is 0 Å². The van der Waals surface area contributed by atoms with E-state index < -0.39 is 0 Å². The highest BCUT2D eigenvalue weighted by Crippen LogP contribution is 2.31. The van der Waals surface area contributed by atoms with Crippen molar-refractivity contribution in [2.75, 3.05) is 7.11 Å². The molecular formula is C29H32N4O3. The van der Waals surface area contributed by atoms with Crippen LogP contribution in [0.1, 0.15) is 65.5 Å². The Morgan fingerprint density at radius 1 is 1.00 bits per heavy atom. The molecule has 4 aromatic rings. The van der Waals surface area contributed by atoms with Crippen LogP contribution in [0.4, 0.5) is 0 Å². The molecule has 36 heavy (non-hydrogen) atoms. The van der Waals surface area contributed by atoms with Crippen molar-refractivity contribution < 1.29 is 14.3 Å². The first kappa shape index (κ1) is 25.0. The van der Waals surface area contributed by atoms with E-state index in [0.717, 1.165) is 22.5 Å². The van der Waals surface area contributed by atoms with Gasteiger partial charge in [0.15, 0.2) is 11.5 Å². The predicted molar refractivity (Wildman–Crippen MR) is 140 cm³/mol. The van der Waals surface area contributed by atoms with Crippen molar-refractivity contribution in [3.05, 3.63) is 101 Å². The monoisotopic (exact) mass is 484 g/mol. The fraction of sp³-hybridized carbons (Fsp3) is 0.276. The molecule has 1 unspecified atom stereocenters. The number of aromatic nitrogens is 3. The summed E-state index contributed by atoms with van der Waals surface area (Å²) in [6.07, 6.45) is 5.12. The van der Waals surface area contributed by atoms with Gasteiger partial charge in [0.1, 0.15) is 6.61 Å². The second kappa shape index (κ2) is 11.1. The number of ether oxygens (including phenoxy) is 2. The first-order chi connectivity index (χ1) is 17.4. The van der Waals surface area contributed by atoms with Crippen LogP contribution in [0.5, 0.6) is 11.5 Å². The third-order valence-corrected chi connectivity index (χ3v) is 6.06. The van der Waals surface area contributed by atoms with Crippen LogP contribution < -0.4 is 14.8 Å². The van der Waals surface area contributed by atoms with E-state index in [1.807, 2.05) is 73.1 Å². The molecule has 186 valence electrons. The van der Waals surface area contributed by atoms with Gasteiger partial charge in [-0.3, -0.25) is 9.78 Å². The highest BCUT2D eigenvalue weighted by atomic mass is 16.5. The number of aryl methyl sites for hydroxylation is 1. The maximum atomic E-state index is 13.3. The molecule has 1 N–H and O–H groups in total. The van der Waals surface area contributed by atoms with Crippen molar-refractivity contribution in [3.63, 3.8) is 0 Å². The van der Waals surface area contributed by atoms with E-state index in [1.165, 1.54) is 5.56 Å². The summed E-state index contributed by atoms with van der Waals surface area (Å²) >= 11 is 0. The SMILES string of the molecule is COc1cc(C(C)NC(=O)c2cnn(-c3ccc(C)cc3)c2C(C)C)ccc1OCc1ccncc1. The zero-order valence-electron chi connectivity index (χ0n) is 21.4. The smallest absolute Gasteiger partial charge is 0.255 e. The first-order valence-corrected chi connectivity index (χ1v) is 12.0. The van der Waals surface area contributed by atoms with Gasteiger partial charge in [-0.15, -0.1) is 0 Å². The molecule has 0 radical (unpaired) electrons. The van der Waals surface area contributed by atoms with Gasteiger partial charge in [-0.2, -0.15) is 5.10 Å². The molecule has 0 aliphatic carbocycles. The summed E-state index contributed by atoms with van der Waals surface area (Å²) in [6, 6.07) is 17.4.